The van der Waals surface area contributed by atoms with Gasteiger partial charge in [-0.05, 0) is 49.6 Å². The molecule has 1 saturated carbocycles. The fraction of sp³-hybridized carbons (Fsp3) is 0.318. The van der Waals surface area contributed by atoms with Crippen LogP contribution in [0.5, 0.6) is 5.75 Å². The molecular weight excluding hydrogens is 420 g/mol. The van der Waals surface area contributed by atoms with Gasteiger partial charge in [-0.15, -0.1) is 0 Å². The average molecular weight is 443 g/mol. The Morgan fingerprint density at radius 1 is 1.14 bits per heavy atom. The van der Waals surface area contributed by atoms with E-state index >= 15 is 0 Å². The SMILES string of the molecule is Cc1ccccc1C(=O)Oc1ccc(Br)cc1/C=N\NC(=O)C1CCCCC1. The third-order valence-electron chi connectivity index (χ3n) is 4.89. The van der Waals surface area contributed by atoms with E-state index < -0.39 is 5.97 Å². The number of carbonyl (C=O) groups excluding carboxylic acids is 2. The van der Waals surface area contributed by atoms with Crippen LogP contribution in [0.3, 0.4) is 0 Å². The second kappa shape index (κ2) is 9.64. The summed E-state index contributed by atoms with van der Waals surface area (Å²) in [7, 11) is 0. The van der Waals surface area contributed by atoms with Gasteiger partial charge in [-0.2, -0.15) is 5.10 Å². The summed E-state index contributed by atoms with van der Waals surface area (Å²) in [6.07, 6.45) is 6.71. The summed E-state index contributed by atoms with van der Waals surface area (Å²) in [4.78, 5) is 24.7. The maximum absolute atomic E-state index is 12.5. The van der Waals surface area contributed by atoms with Crippen LogP contribution in [-0.2, 0) is 4.79 Å². The molecule has 5 nitrogen and oxygen atoms in total. The summed E-state index contributed by atoms with van der Waals surface area (Å²) in [5, 5.41) is 4.08. The lowest BCUT2D eigenvalue weighted by molar-refractivity contribution is -0.125. The Kier molecular flexibility index (Phi) is 6.98. The summed E-state index contributed by atoms with van der Waals surface area (Å²) < 4.78 is 6.40. The number of nitrogens with zero attached hydrogens (tertiary/aromatic N) is 1. The van der Waals surface area contributed by atoms with Gasteiger partial charge >= 0.3 is 5.97 Å². The van der Waals surface area contributed by atoms with Crippen molar-refractivity contribution in [3.05, 3.63) is 63.6 Å². The first-order chi connectivity index (χ1) is 13.5. The van der Waals surface area contributed by atoms with Crippen LogP contribution in [0.15, 0.2) is 52.0 Å². The zero-order valence-corrected chi connectivity index (χ0v) is 17.4. The molecule has 1 aliphatic rings. The van der Waals surface area contributed by atoms with Gasteiger partial charge in [0.05, 0.1) is 11.8 Å². The highest BCUT2D eigenvalue weighted by atomic mass is 79.9. The van der Waals surface area contributed by atoms with E-state index in [1.807, 2.05) is 19.1 Å². The van der Waals surface area contributed by atoms with Crippen LogP contribution in [0.25, 0.3) is 0 Å². The van der Waals surface area contributed by atoms with E-state index in [0.717, 1.165) is 35.7 Å². The van der Waals surface area contributed by atoms with Crippen molar-refractivity contribution in [1.82, 2.24) is 5.43 Å². The van der Waals surface area contributed by atoms with Gasteiger partial charge in [-0.1, -0.05) is 53.4 Å². The molecule has 0 atom stereocenters. The number of nitrogens with one attached hydrogen (secondary N) is 1. The molecule has 2 aromatic rings. The fourth-order valence-electron chi connectivity index (χ4n) is 3.29. The number of halogens is 1. The first kappa shape index (κ1) is 20.3. The number of rotatable bonds is 5. The van der Waals surface area contributed by atoms with Crippen molar-refractivity contribution in [3.63, 3.8) is 0 Å². The Bertz CT molecular complexity index is 889. The first-order valence-corrected chi connectivity index (χ1v) is 10.2. The lowest BCUT2D eigenvalue weighted by Crippen LogP contribution is -2.28. The molecule has 0 bridgehead atoms. The van der Waals surface area contributed by atoms with Crippen LogP contribution in [0.2, 0.25) is 0 Å². The van der Waals surface area contributed by atoms with Crippen LogP contribution >= 0.6 is 15.9 Å². The van der Waals surface area contributed by atoms with E-state index in [2.05, 4.69) is 26.5 Å². The molecule has 1 amide bonds. The molecule has 0 unspecified atom stereocenters. The van der Waals surface area contributed by atoms with E-state index in [1.54, 1.807) is 30.3 Å². The van der Waals surface area contributed by atoms with Crippen LogP contribution in [-0.4, -0.2) is 18.1 Å². The van der Waals surface area contributed by atoms with Crippen molar-refractivity contribution in [1.29, 1.82) is 0 Å². The summed E-state index contributed by atoms with van der Waals surface area (Å²) in [5.41, 5.74) is 4.57. The number of carbonyl (C=O) groups is 2. The van der Waals surface area contributed by atoms with Gasteiger partial charge in [0.25, 0.3) is 0 Å². The minimum absolute atomic E-state index is 0.0340. The van der Waals surface area contributed by atoms with Crippen LogP contribution in [0.1, 0.15) is 53.6 Å². The van der Waals surface area contributed by atoms with Gasteiger partial charge in [0.15, 0.2) is 0 Å². The fourth-order valence-corrected chi connectivity index (χ4v) is 3.67. The molecule has 6 heteroatoms. The molecule has 1 N–H and O–H groups in total. The largest absolute Gasteiger partial charge is 0.422 e. The van der Waals surface area contributed by atoms with Crippen molar-refractivity contribution in [2.24, 2.45) is 11.0 Å². The number of hydrogen-bond donors (Lipinski definition) is 1. The number of hydrazone groups is 1. The molecule has 0 saturated heterocycles. The zero-order chi connectivity index (χ0) is 19.9. The number of amides is 1. The number of aryl methyl sites for hydroxylation is 1. The highest BCUT2D eigenvalue weighted by Gasteiger charge is 2.20. The second-order valence-corrected chi connectivity index (χ2v) is 7.87. The Morgan fingerprint density at radius 3 is 2.64 bits per heavy atom. The molecule has 1 fully saturated rings. The monoisotopic (exact) mass is 442 g/mol. The molecule has 146 valence electrons. The van der Waals surface area contributed by atoms with E-state index in [9.17, 15) is 9.59 Å². The minimum atomic E-state index is -0.429. The lowest BCUT2D eigenvalue weighted by atomic mass is 9.89. The first-order valence-electron chi connectivity index (χ1n) is 9.45. The Hall–Kier alpha value is -2.47. The summed E-state index contributed by atoms with van der Waals surface area (Å²) in [6.45, 7) is 1.86. The summed E-state index contributed by atoms with van der Waals surface area (Å²) in [5.74, 6) is -0.0652. The molecule has 0 heterocycles. The van der Waals surface area contributed by atoms with Gasteiger partial charge in [0.1, 0.15) is 5.75 Å². The smallest absolute Gasteiger partial charge is 0.343 e. The third kappa shape index (κ3) is 5.29. The molecule has 0 radical (unpaired) electrons. The third-order valence-corrected chi connectivity index (χ3v) is 5.39. The molecule has 3 rings (SSSR count). The van der Waals surface area contributed by atoms with E-state index in [0.29, 0.717) is 16.9 Å². The molecule has 1 aliphatic carbocycles. The minimum Gasteiger partial charge on any atom is -0.422 e. The van der Waals surface area contributed by atoms with Crippen molar-refractivity contribution < 1.29 is 14.3 Å². The second-order valence-electron chi connectivity index (χ2n) is 6.96. The highest BCUT2D eigenvalue weighted by Crippen LogP contribution is 2.25. The lowest BCUT2D eigenvalue weighted by Gasteiger charge is -2.19. The normalized spacial score (nSPS) is 14.8. The van der Waals surface area contributed by atoms with Crippen LogP contribution < -0.4 is 10.2 Å². The topological polar surface area (TPSA) is 67.8 Å². The van der Waals surface area contributed by atoms with Gasteiger partial charge in [0, 0.05) is 16.0 Å². The van der Waals surface area contributed by atoms with Crippen molar-refractivity contribution in [3.8, 4) is 5.75 Å². The summed E-state index contributed by atoms with van der Waals surface area (Å²) >= 11 is 3.41. The van der Waals surface area contributed by atoms with E-state index in [1.165, 1.54) is 12.6 Å². The predicted octanol–water partition coefficient (Wildman–Crippen LogP) is 5.01. The van der Waals surface area contributed by atoms with Crippen LogP contribution in [0, 0.1) is 12.8 Å². The van der Waals surface area contributed by atoms with Crippen molar-refractivity contribution >= 4 is 34.0 Å². The Balaban J connectivity index is 1.71. The number of ether oxygens (including phenoxy) is 1. The standard InChI is InChI=1S/C22H23BrN2O3/c1-15-7-5-6-10-19(15)22(27)28-20-12-11-18(23)13-17(20)14-24-25-21(26)16-8-3-2-4-9-16/h5-7,10-14,16H,2-4,8-9H2,1H3,(H,25,26)/b24-14-. The van der Waals surface area contributed by atoms with Gasteiger partial charge in [-0.25, -0.2) is 10.2 Å². The quantitative estimate of drug-likeness (QED) is 0.306. The maximum atomic E-state index is 12.5. The molecule has 28 heavy (non-hydrogen) atoms. The Morgan fingerprint density at radius 2 is 1.89 bits per heavy atom. The number of hydrogen-bond acceptors (Lipinski definition) is 4. The zero-order valence-electron chi connectivity index (χ0n) is 15.8. The highest BCUT2D eigenvalue weighted by molar-refractivity contribution is 9.10. The molecular formula is C22H23BrN2O3. The molecule has 2 aromatic carbocycles. The Labute approximate surface area is 173 Å². The maximum Gasteiger partial charge on any atom is 0.343 e. The van der Waals surface area contributed by atoms with Gasteiger partial charge < -0.3 is 4.74 Å². The summed E-state index contributed by atoms with van der Waals surface area (Å²) in [6, 6.07) is 12.5. The van der Waals surface area contributed by atoms with Gasteiger partial charge in [-0.3, -0.25) is 4.79 Å². The molecule has 0 spiro atoms. The predicted molar refractivity (Wildman–Crippen MR) is 113 cm³/mol. The molecule has 0 aromatic heterocycles. The van der Waals surface area contributed by atoms with E-state index in [-0.39, 0.29) is 11.8 Å². The van der Waals surface area contributed by atoms with Crippen LogP contribution in [0.4, 0.5) is 0 Å². The van der Waals surface area contributed by atoms with Crippen molar-refractivity contribution in [2.75, 3.05) is 0 Å². The van der Waals surface area contributed by atoms with Gasteiger partial charge in [0.2, 0.25) is 5.91 Å². The van der Waals surface area contributed by atoms with E-state index in [4.69, 9.17) is 4.74 Å². The molecule has 0 aliphatic heterocycles. The van der Waals surface area contributed by atoms with Crippen molar-refractivity contribution in [2.45, 2.75) is 39.0 Å². The number of esters is 1. The average Bonchev–Trinajstić information content (AvgIpc) is 2.70. The number of benzene rings is 2.